The average Bonchev–Trinajstić information content (AvgIpc) is 2.44. The summed E-state index contributed by atoms with van der Waals surface area (Å²) in [4.78, 5) is 11.8. The predicted octanol–water partition coefficient (Wildman–Crippen LogP) is 1.44. The van der Waals surface area contributed by atoms with Crippen LogP contribution in [-0.2, 0) is 4.79 Å². The number of hydrogen-bond donors (Lipinski definition) is 3. The van der Waals surface area contributed by atoms with Gasteiger partial charge in [0.05, 0.1) is 0 Å². The summed E-state index contributed by atoms with van der Waals surface area (Å²) in [6.45, 7) is 7.73. The summed E-state index contributed by atoms with van der Waals surface area (Å²) >= 11 is 4.94. The molecule has 1 aromatic rings. The second kappa shape index (κ2) is 8.16. The minimum atomic E-state index is -0.632. The van der Waals surface area contributed by atoms with E-state index >= 15 is 0 Å². The van der Waals surface area contributed by atoms with Crippen LogP contribution in [0.3, 0.4) is 0 Å². The van der Waals surface area contributed by atoms with Crippen LogP contribution in [0.15, 0.2) is 36.9 Å². The first-order valence-corrected chi connectivity index (χ1v) is 6.61. The Morgan fingerprint density at radius 3 is 2.65 bits per heavy atom. The standard InChI is InChI=1S/C14H19N3O2S/c1-4-9-15-14(20)17-16-13(18)11(3)19-12-7-5-10(2)6-8-12/h4-8,11H,1,9H2,2-3H3,(H,16,18)(H2,15,17,20). The second-order valence-corrected chi connectivity index (χ2v) is 4.59. The number of hydrogen-bond acceptors (Lipinski definition) is 3. The predicted molar refractivity (Wildman–Crippen MR) is 83.3 cm³/mol. The van der Waals surface area contributed by atoms with E-state index in [1.807, 2.05) is 31.2 Å². The van der Waals surface area contributed by atoms with Gasteiger partial charge in [0.15, 0.2) is 11.2 Å². The van der Waals surface area contributed by atoms with Crippen molar-refractivity contribution in [3.05, 3.63) is 42.5 Å². The van der Waals surface area contributed by atoms with Gasteiger partial charge < -0.3 is 10.1 Å². The first kappa shape index (κ1) is 16.0. The van der Waals surface area contributed by atoms with Crippen LogP contribution in [0.5, 0.6) is 5.75 Å². The molecule has 0 heterocycles. The van der Waals surface area contributed by atoms with Gasteiger partial charge in [-0.25, -0.2) is 0 Å². The summed E-state index contributed by atoms with van der Waals surface area (Å²) in [5, 5.41) is 3.15. The highest BCUT2D eigenvalue weighted by Crippen LogP contribution is 2.13. The number of amides is 1. The molecule has 1 atom stereocenters. The van der Waals surface area contributed by atoms with Gasteiger partial charge in [0.25, 0.3) is 5.91 Å². The van der Waals surface area contributed by atoms with Crippen molar-refractivity contribution in [2.75, 3.05) is 6.54 Å². The summed E-state index contributed by atoms with van der Waals surface area (Å²) in [6.07, 6.45) is 1.03. The van der Waals surface area contributed by atoms with E-state index in [0.29, 0.717) is 17.4 Å². The summed E-state index contributed by atoms with van der Waals surface area (Å²) in [7, 11) is 0. The van der Waals surface area contributed by atoms with Gasteiger partial charge in [-0.05, 0) is 38.2 Å². The summed E-state index contributed by atoms with van der Waals surface area (Å²) in [6, 6.07) is 7.49. The van der Waals surface area contributed by atoms with Crippen molar-refractivity contribution in [3.63, 3.8) is 0 Å². The van der Waals surface area contributed by atoms with E-state index in [1.165, 1.54) is 0 Å². The van der Waals surface area contributed by atoms with Gasteiger partial charge in [-0.1, -0.05) is 23.8 Å². The number of nitrogens with one attached hydrogen (secondary N) is 3. The smallest absolute Gasteiger partial charge is 0.279 e. The maximum absolute atomic E-state index is 11.8. The topological polar surface area (TPSA) is 62.4 Å². The molecule has 1 aromatic carbocycles. The second-order valence-electron chi connectivity index (χ2n) is 4.19. The molecule has 0 radical (unpaired) electrons. The largest absolute Gasteiger partial charge is 0.481 e. The molecule has 0 saturated carbocycles. The van der Waals surface area contributed by atoms with E-state index in [1.54, 1.807) is 13.0 Å². The Labute approximate surface area is 124 Å². The van der Waals surface area contributed by atoms with E-state index in [4.69, 9.17) is 17.0 Å². The van der Waals surface area contributed by atoms with Crippen molar-refractivity contribution in [2.24, 2.45) is 0 Å². The molecule has 0 spiro atoms. The Morgan fingerprint density at radius 1 is 1.40 bits per heavy atom. The molecule has 6 heteroatoms. The van der Waals surface area contributed by atoms with Crippen LogP contribution in [0, 0.1) is 6.92 Å². The van der Waals surface area contributed by atoms with Crippen LogP contribution in [0.1, 0.15) is 12.5 Å². The van der Waals surface area contributed by atoms with Gasteiger partial charge >= 0.3 is 0 Å². The molecule has 5 nitrogen and oxygen atoms in total. The van der Waals surface area contributed by atoms with Gasteiger partial charge in [0.2, 0.25) is 0 Å². The van der Waals surface area contributed by atoms with Gasteiger partial charge in [-0.3, -0.25) is 15.6 Å². The Morgan fingerprint density at radius 2 is 2.05 bits per heavy atom. The van der Waals surface area contributed by atoms with Crippen LogP contribution in [0.4, 0.5) is 0 Å². The molecule has 0 aromatic heterocycles. The van der Waals surface area contributed by atoms with Crippen LogP contribution < -0.4 is 20.9 Å². The van der Waals surface area contributed by atoms with E-state index in [9.17, 15) is 4.79 Å². The Hall–Kier alpha value is -2.08. The number of carbonyl (C=O) groups excluding carboxylic acids is 1. The maximum Gasteiger partial charge on any atom is 0.279 e. The quantitative estimate of drug-likeness (QED) is 0.436. The number of ether oxygens (including phenoxy) is 1. The molecule has 20 heavy (non-hydrogen) atoms. The molecule has 108 valence electrons. The number of benzene rings is 1. The van der Waals surface area contributed by atoms with E-state index in [0.717, 1.165) is 5.56 Å². The molecule has 1 unspecified atom stereocenters. The normalized spacial score (nSPS) is 11.1. The fraction of sp³-hybridized carbons (Fsp3) is 0.286. The lowest BCUT2D eigenvalue weighted by Crippen LogP contribution is -2.50. The van der Waals surface area contributed by atoms with E-state index in [-0.39, 0.29) is 5.91 Å². The maximum atomic E-state index is 11.8. The zero-order chi connectivity index (χ0) is 15.0. The van der Waals surface area contributed by atoms with Crippen molar-refractivity contribution < 1.29 is 9.53 Å². The van der Waals surface area contributed by atoms with Crippen LogP contribution in [0.2, 0.25) is 0 Å². The zero-order valence-corrected chi connectivity index (χ0v) is 12.4. The molecule has 0 bridgehead atoms. The first-order valence-electron chi connectivity index (χ1n) is 6.21. The number of carbonyl (C=O) groups is 1. The van der Waals surface area contributed by atoms with E-state index in [2.05, 4.69) is 22.7 Å². The molecule has 0 aliphatic rings. The summed E-state index contributed by atoms with van der Waals surface area (Å²) in [5.74, 6) is 0.332. The first-order chi connectivity index (χ1) is 9.52. The van der Waals surface area contributed by atoms with Gasteiger partial charge in [-0.2, -0.15) is 0 Å². The molecule has 1 amide bonds. The van der Waals surface area contributed by atoms with Crippen molar-refractivity contribution in [3.8, 4) is 5.75 Å². The van der Waals surface area contributed by atoms with Crippen molar-refractivity contribution in [1.82, 2.24) is 16.2 Å². The molecule has 3 N–H and O–H groups in total. The van der Waals surface area contributed by atoms with Gasteiger partial charge in [0.1, 0.15) is 5.75 Å². The van der Waals surface area contributed by atoms with Crippen molar-refractivity contribution in [2.45, 2.75) is 20.0 Å². The Kier molecular flexibility index (Phi) is 6.52. The van der Waals surface area contributed by atoms with Crippen molar-refractivity contribution in [1.29, 1.82) is 0 Å². The lowest BCUT2D eigenvalue weighted by molar-refractivity contribution is -0.127. The van der Waals surface area contributed by atoms with Gasteiger partial charge in [-0.15, -0.1) is 6.58 Å². The Balaban J connectivity index is 2.37. The average molecular weight is 293 g/mol. The molecule has 0 saturated heterocycles. The molecular weight excluding hydrogens is 274 g/mol. The lowest BCUT2D eigenvalue weighted by Gasteiger charge is -2.16. The molecule has 0 aliphatic heterocycles. The highest BCUT2D eigenvalue weighted by atomic mass is 32.1. The molecule has 0 aliphatic carbocycles. The lowest BCUT2D eigenvalue weighted by atomic mass is 10.2. The fourth-order valence-corrected chi connectivity index (χ4v) is 1.44. The fourth-order valence-electron chi connectivity index (χ4n) is 1.30. The van der Waals surface area contributed by atoms with E-state index < -0.39 is 6.10 Å². The number of hydrazine groups is 1. The monoisotopic (exact) mass is 293 g/mol. The summed E-state index contributed by atoms with van der Waals surface area (Å²) < 4.78 is 5.51. The Bertz CT molecular complexity index is 474. The third kappa shape index (κ3) is 5.71. The summed E-state index contributed by atoms with van der Waals surface area (Å²) in [5.41, 5.74) is 6.19. The molecule has 0 fully saturated rings. The molecular formula is C14H19N3O2S. The number of aryl methyl sites for hydroxylation is 1. The molecule has 1 rings (SSSR count). The third-order valence-electron chi connectivity index (χ3n) is 2.41. The van der Waals surface area contributed by atoms with Crippen LogP contribution >= 0.6 is 12.2 Å². The number of rotatable bonds is 5. The highest BCUT2D eigenvalue weighted by molar-refractivity contribution is 7.80. The highest BCUT2D eigenvalue weighted by Gasteiger charge is 2.14. The van der Waals surface area contributed by atoms with Crippen LogP contribution in [-0.4, -0.2) is 23.7 Å². The van der Waals surface area contributed by atoms with Gasteiger partial charge in [0, 0.05) is 6.54 Å². The SMILES string of the molecule is C=CCNC(=S)NNC(=O)C(C)Oc1ccc(C)cc1. The minimum absolute atomic E-state index is 0.312. The third-order valence-corrected chi connectivity index (χ3v) is 2.66. The van der Waals surface area contributed by atoms with Crippen molar-refractivity contribution >= 4 is 23.2 Å². The van der Waals surface area contributed by atoms with Crippen LogP contribution in [0.25, 0.3) is 0 Å². The zero-order valence-electron chi connectivity index (χ0n) is 11.6. The number of thiocarbonyl (C=S) groups is 1. The minimum Gasteiger partial charge on any atom is -0.481 e.